The Labute approximate surface area is 205 Å². The van der Waals surface area contributed by atoms with Crippen LogP contribution in [0.5, 0.6) is 0 Å². The van der Waals surface area contributed by atoms with Gasteiger partial charge in [-0.25, -0.2) is 9.97 Å². The van der Waals surface area contributed by atoms with Gasteiger partial charge in [-0.1, -0.05) is 12.8 Å². The molecule has 2 fully saturated rings. The molecule has 3 aromatic rings. The number of nitrogens with zero attached hydrogens (tertiary/aromatic N) is 4. The van der Waals surface area contributed by atoms with E-state index in [-0.39, 0.29) is 5.91 Å². The van der Waals surface area contributed by atoms with Crippen LogP contribution in [0.1, 0.15) is 60.7 Å². The zero-order valence-corrected chi connectivity index (χ0v) is 21.0. The predicted molar refractivity (Wildman–Crippen MR) is 141 cm³/mol. The molecule has 0 bridgehead atoms. The third-order valence-corrected chi connectivity index (χ3v) is 8.25. The molecule has 2 N–H and O–H groups in total. The van der Waals surface area contributed by atoms with Crippen molar-refractivity contribution in [3.63, 3.8) is 0 Å². The Hall–Kier alpha value is -2.71. The fraction of sp³-hybridized carbons (Fsp3) is 0.500. The molecule has 4 heterocycles. The van der Waals surface area contributed by atoms with Gasteiger partial charge in [-0.05, 0) is 56.4 Å². The monoisotopic (exact) mass is 478 g/mol. The molecule has 2 aliphatic rings. The van der Waals surface area contributed by atoms with Crippen molar-refractivity contribution in [2.75, 3.05) is 49.5 Å². The molecule has 1 amide bonds. The summed E-state index contributed by atoms with van der Waals surface area (Å²) in [5, 5.41) is 7.94. The third-order valence-electron chi connectivity index (χ3n) is 7.11. The van der Waals surface area contributed by atoms with Crippen LogP contribution in [0.3, 0.4) is 0 Å². The summed E-state index contributed by atoms with van der Waals surface area (Å²) in [6, 6.07) is 6.25. The Kier molecular flexibility index (Phi) is 6.97. The van der Waals surface area contributed by atoms with E-state index in [1.807, 2.05) is 37.2 Å². The summed E-state index contributed by atoms with van der Waals surface area (Å²) in [5.41, 5.74) is 2.39. The molecule has 3 aromatic heterocycles. The molecule has 1 saturated carbocycles. The number of thiophene rings is 1. The first-order chi connectivity index (χ1) is 16.7. The van der Waals surface area contributed by atoms with E-state index in [0.717, 1.165) is 79.0 Å². The molecule has 0 unspecified atom stereocenters. The van der Waals surface area contributed by atoms with Crippen LogP contribution in [0.2, 0.25) is 0 Å². The lowest BCUT2D eigenvalue weighted by atomic mass is 9.94. The fourth-order valence-corrected chi connectivity index (χ4v) is 6.43. The lowest BCUT2D eigenvalue weighted by molar-refractivity contribution is 0.0776. The highest BCUT2D eigenvalue weighted by Crippen LogP contribution is 2.44. The molecule has 34 heavy (non-hydrogen) atoms. The maximum atomic E-state index is 13.4. The number of piperazine rings is 1. The first kappa shape index (κ1) is 23.1. The Bertz CT molecular complexity index is 1130. The van der Waals surface area contributed by atoms with Gasteiger partial charge in [-0.3, -0.25) is 4.79 Å². The molecule has 1 saturated heterocycles. The summed E-state index contributed by atoms with van der Waals surface area (Å²) < 4.78 is 1.09. The minimum atomic E-state index is 0.160. The van der Waals surface area contributed by atoms with Crippen molar-refractivity contribution in [1.82, 2.24) is 20.2 Å². The molecule has 7 nitrogen and oxygen atoms in total. The van der Waals surface area contributed by atoms with Crippen LogP contribution in [0, 0.1) is 0 Å². The van der Waals surface area contributed by atoms with E-state index in [1.165, 1.54) is 23.8 Å². The number of nitrogens with one attached hydrogen (secondary N) is 2. The molecule has 0 spiro atoms. The van der Waals surface area contributed by atoms with Crippen LogP contribution in [0.4, 0.5) is 17.3 Å². The number of carbonyl (C=O) groups excluding carboxylic acids is 1. The second kappa shape index (κ2) is 10.3. The van der Waals surface area contributed by atoms with Crippen molar-refractivity contribution >= 4 is 44.7 Å². The maximum Gasteiger partial charge on any atom is 0.264 e. The van der Waals surface area contributed by atoms with Crippen molar-refractivity contribution < 1.29 is 4.79 Å². The van der Waals surface area contributed by atoms with E-state index in [4.69, 9.17) is 0 Å². The van der Waals surface area contributed by atoms with Crippen LogP contribution in [-0.2, 0) is 0 Å². The van der Waals surface area contributed by atoms with Crippen molar-refractivity contribution in [3.8, 4) is 0 Å². The lowest BCUT2D eigenvalue weighted by Gasteiger charge is -2.29. The SMILES string of the molecule is CCN(CC)C(=O)c1sc2cnc(Nc3ccc(N4CCNCC4)cn3)cc2c1C1CCCC1. The highest BCUT2D eigenvalue weighted by Gasteiger charge is 2.29. The molecule has 0 aromatic carbocycles. The quantitative estimate of drug-likeness (QED) is 0.499. The van der Waals surface area contributed by atoms with Crippen LogP contribution < -0.4 is 15.5 Å². The number of aromatic nitrogens is 2. The van der Waals surface area contributed by atoms with E-state index >= 15 is 0 Å². The van der Waals surface area contributed by atoms with Gasteiger partial charge in [-0.15, -0.1) is 11.3 Å². The Morgan fingerprint density at radius 2 is 1.85 bits per heavy atom. The highest BCUT2D eigenvalue weighted by atomic mass is 32.1. The van der Waals surface area contributed by atoms with Gasteiger partial charge in [0.25, 0.3) is 5.91 Å². The molecule has 8 heteroatoms. The van der Waals surface area contributed by atoms with E-state index in [9.17, 15) is 4.79 Å². The average Bonchev–Trinajstić information content (AvgIpc) is 3.53. The topological polar surface area (TPSA) is 73.4 Å². The van der Waals surface area contributed by atoms with Crippen molar-refractivity contribution in [2.24, 2.45) is 0 Å². The van der Waals surface area contributed by atoms with Gasteiger partial charge >= 0.3 is 0 Å². The lowest BCUT2D eigenvalue weighted by Crippen LogP contribution is -2.43. The standard InChI is InChI=1S/C26H34N6OS/c1-3-31(4-2)26(33)25-24(18-7-5-6-8-18)20-15-23(29-17-21(20)34-25)30-22-10-9-19(16-28-22)32-13-11-27-12-14-32/h9-10,15-18,27H,3-8,11-14H2,1-2H3,(H,28,29,30). The van der Waals surface area contributed by atoms with Crippen molar-refractivity contribution in [1.29, 1.82) is 0 Å². The van der Waals surface area contributed by atoms with Crippen molar-refractivity contribution in [3.05, 3.63) is 41.0 Å². The van der Waals surface area contributed by atoms with Gasteiger partial charge in [0.15, 0.2) is 0 Å². The van der Waals surface area contributed by atoms with Gasteiger partial charge in [0.2, 0.25) is 0 Å². The molecular weight excluding hydrogens is 444 g/mol. The van der Waals surface area contributed by atoms with Gasteiger partial charge in [0.1, 0.15) is 11.6 Å². The van der Waals surface area contributed by atoms with Crippen molar-refractivity contribution in [2.45, 2.75) is 45.4 Å². The summed E-state index contributed by atoms with van der Waals surface area (Å²) in [6.45, 7) is 9.58. The smallest absolute Gasteiger partial charge is 0.264 e. The number of hydrogen-bond donors (Lipinski definition) is 2. The van der Waals surface area contributed by atoms with E-state index < -0.39 is 0 Å². The minimum Gasteiger partial charge on any atom is -0.368 e. The Morgan fingerprint density at radius 3 is 2.53 bits per heavy atom. The summed E-state index contributed by atoms with van der Waals surface area (Å²) in [6.07, 6.45) is 8.63. The summed E-state index contributed by atoms with van der Waals surface area (Å²) in [5.74, 6) is 2.17. The molecule has 0 atom stereocenters. The highest BCUT2D eigenvalue weighted by molar-refractivity contribution is 7.21. The number of rotatable bonds is 7. The van der Waals surface area contributed by atoms with Gasteiger partial charge < -0.3 is 20.4 Å². The number of carbonyl (C=O) groups is 1. The first-order valence-electron chi connectivity index (χ1n) is 12.6. The normalized spacial score (nSPS) is 16.8. The largest absolute Gasteiger partial charge is 0.368 e. The van der Waals surface area contributed by atoms with Gasteiger partial charge in [0.05, 0.1) is 21.5 Å². The number of fused-ring (bicyclic) bond motifs is 1. The second-order valence-corrected chi connectivity index (χ2v) is 10.2. The Morgan fingerprint density at radius 1 is 1.12 bits per heavy atom. The van der Waals surface area contributed by atoms with Crippen LogP contribution >= 0.6 is 11.3 Å². The predicted octanol–water partition coefficient (Wildman–Crippen LogP) is 4.98. The number of anilines is 3. The van der Waals surface area contributed by atoms with Crippen LogP contribution in [0.25, 0.3) is 10.1 Å². The average molecular weight is 479 g/mol. The molecule has 1 aliphatic heterocycles. The number of pyridine rings is 2. The minimum absolute atomic E-state index is 0.160. The maximum absolute atomic E-state index is 13.4. The second-order valence-electron chi connectivity index (χ2n) is 9.13. The zero-order chi connectivity index (χ0) is 23.5. The summed E-state index contributed by atoms with van der Waals surface area (Å²) in [7, 11) is 0. The summed E-state index contributed by atoms with van der Waals surface area (Å²) in [4.78, 5) is 27.9. The molecule has 180 valence electrons. The van der Waals surface area contributed by atoms with E-state index in [0.29, 0.717) is 5.92 Å². The van der Waals surface area contributed by atoms with Gasteiger partial charge in [-0.2, -0.15) is 0 Å². The van der Waals surface area contributed by atoms with Gasteiger partial charge in [0, 0.05) is 50.9 Å². The van der Waals surface area contributed by atoms with Crippen LogP contribution in [-0.4, -0.2) is 60.0 Å². The van der Waals surface area contributed by atoms with Crippen LogP contribution in [0.15, 0.2) is 30.6 Å². The Balaban J connectivity index is 1.44. The fourth-order valence-electron chi connectivity index (χ4n) is 5.22. The zero-order valence-electron chi connectivity index (χ0n) is 20.1. The molecular formula is C26H34N6OS. The first-order valence-corrected chi connectivity index (χ1v) is 13.4. The number of hydrogen-bond acceptors (Lipinski definition) is 7. The molecule has 1 aliphatic carbocycles. The number of amides is 1. The third kappa shape index (κ3) is 4.61. The van der Waals surface area contributed by atoms with E-state index in [1.54, 1.807) is 11.3 Å². The summed E-state index contributed by atoms with van der Waals surface area (Å²) >= 11 is 1.60. The molecule has 0 radical (unpaired) electrons. The van der Waals surface area contributed by atoms with E-state index in [2.05, 4.69) is 37.6 Å². The molecule has 5 rings (SSSR count).